The zero-order chi connectivity index (χ0) is 10.8. The number of alkyl halides is 1. The van der Waals surface area contributed by atoms with E-state index in [0.717, 1.165) is 10.6 Å². The summed E-state index contributed by atoms with van der Waals surface area (Å²) in [5, 5.41) is -0.416. The summed E-state index contributed by atoms with van der Waals surface area (Å²) < 4.78 is 0. The quantitative estimate of drug-likeness (QED) is 0.558. The molecule has 0 aromatic rings. The molecule has 0 spiro atoms. The van der Waals surface area contributed by atoms with Crippen LogP contribution in [0.15, 0.2) is 28.1 Å². The average molecular weight is 242 g/mol. The number of Topliss-reactive ketones (excluding diaryl/α,β-unsaturated/α-hetero) is 1. The number of nitrogens with zero attached hydrogens (tertiary/aromatic N) is 1. The van der Waals surface area contributed by atoms with Gasteiger partial charge < -0.3 is 0 Å². The smallest absolute Gasteiger partial charge is 0.179 e. The Morgan fingerprint density at radius 3 is 3.07 bits per heavy atom. The Hall–Kier alpha value is -0.870. The Morgan fingerprint density at radius 2 is 2.33 bits per heavy atom. The van der Waals surface area contributed by atoms with Crippen LogP contribution in [0.25, 0.3) is 0 Å². The lowest BCUT2D eigenvalue weighted by Crippen LogP contribution is -2.12. The fourth-order valence-corrected chi connectivity index (χ4v) is 2.59. The standard InChI is InChI=1S/C10H8ClNO2S/c11-4-3-8(14)10-12-7-2-1-6(13)5-9(7)15-10/h1-2,5,10H,3-4H2. The monoisotopic (exact) mass is 241 g/mol. The Kier molecular flexibility index (Phi) is 3.07. The number of allylic oxidation sites excluding steroid dienone is 4. The summed E-state index contributed by atoms with van der Waals surface area (Å²) in [6.07, 6.45) is 4.94. The molecule has 2 aliphatic rings. The third kappa shape index (κ3) is 2.21. The highest BCUT2D eigenvalue weighted by Gasteiger charge is 2.28. The molecule has 0 N–H and O–H groups in total. The summed E-state index contributed by atoms with van der Waals surface area (Å²) in [6, 6.07) is 0. The van der Waals surface area contributed by atoms with Gasteiger partial charge in [0.05, 0.1) is 5.71 Å². The van der Waals surface area contributed by atoms with Crippen LogP contribution >= 0.6 is 23.4 Å². The van der Waals surface area contributed by atoms with E-state index in [1.54, 1.807) is 6.08 Å². The summed E-state index contributed by atoms with van der Waals surface area (Å²) in [7, 11) is 0. The van der Waals surface area contributed by atoms with Gasteiger partial charge in [0, 0.05) is 23.3 Å². The molecular weight excluding hydrogens is 234 g/mol. The predicted octanol–water partition coefficient (Wildman–Crippen LogP) is 1.72. The van der Waals surface area contributed by atoms with Gasteiger partial charge in [-0.2, -0.15) is 0 Å². The summed E-state index contributed by atoms with van der Waals surface area (Å²) >= 11 is 6.81. The van der Waals surface area contributed by atoms with Crippen LogP contribution < -0.4 is 0 Å². The highest BCUT2D eigenvalue weighted by atomic mass is 35.5. The molecule has 78 valence electrons. The highest BCUT2D eigenvalue weighted by Crippen LogP contribution is 2.34. The fraction of sp³-hybridized carbons (Fsp3) is 0.300. The number of halogens is 1. The van der Waals surface area contributed by atoms with E-state index in [1.807, 2.05) is 0 Å². The van der Waals surface area contributed by atoms with E-state index in [4.69, 9.17) is 11.6 Å². The first-order valence-corrected chi connectivity index (χ1v) is 5.89. The van der Waals surface area contributed by atoms with Gasteiger partial charge >= 0.3 is 0 Å². The van der Waals surface area contributed by atoms with Gasteiger partial charge in [-0.1, -0.05) is 11.8 Å². The van der Waals surface area contributed by atoms with Gasteiger partial charge in [-0.15, -0.1) is 11.6 Å². The number of carbonyl (C=O) groups is 2. The number of hydrogen-bond donors (Lipinski definition) is 0. The third-order valence-electron chi connectivity index (χ3n) is 2.04. The first-order valence-electron chi connectivity index (χ1n) is 4.48. The second kappa shape index (κ2) is 4.33. The summed E-state index contributed by atoms with van der Waals surface area (Å²) in [5.41, 5.74) is 0.729. The van der Waals surface area contributed by atoms with Gasteiger partial charge in [-0.3, -0.25) is 14.6 Å². The number of fused-ring (bicyclic) bond motifs is 1. The molecule has 1 atom stereocenters. The van der Waals surface area contributed by atoms with Crippen LogP contribution in [0.3, 0.4) is 0 Å². The maximum absolute atomic E-state index is 11.5. The van der Waals surface area contributed by atoms with Crippen molar-refractivity contribution in [1.29, 1.82) is 0 Å². The molecule has 0 radical (unpaired) electrons. The van der Waals surface area contributed by atoms with Crippen molar-refractivity contribution in [2.75, 3.05) is 5.88 Å². The Labute approximate surface area is 96.3 Å². The minimum absolute atomic E-state index is 0.0126. The maximum atomic E-state index is 11.5. The van der Waals surface area contributed by atoms with Crippen molar-refractivity contribution in [3.63, 3.8) is 0 Å². The van der Waals surface area contributed by atoms with Gasteiger partial charge in [0.2, 0.25) is 0 Å². The summed E-state index contributed by atoms with van der Waals surface area (Å²) in [5.74, 6) is 0.273. The van der Waals surface area contributed by atoms with Gasteiger partial charge in [-0.05, 0) is 12.2 Å². The fourth-order valence-electron chi connectivity index (χ4n) is 1.32. The van der Waals surface area contributed by atoms with Crippen molar-refractivity contribution < 1.29 is 9.59 Å². The van der Waals surface area contributed by atoms with Crippen LogP contribution in [0.1, 0.15) is 6.42 Å². The molecule has 3 nitrogen and oxygen atoms in total. The first-order chi connectivity index (χ1) is 7.20. The van der Waals surface area contributed by atoms with Gasteiger partial charge in [0.25, 0.3) is 0 Å². The van der Waals surface area contributed by atoms with E-state index in [0.29, 0.717) is 12.3 Å². The van der Waals surface area contributed by atoms with E-state index in [-0.39, 0.29) is 11.6 Å². The van der Waals surface area contributed by atoms with Crippen LogP contribution in [0.5, 0.6) is 0 Å². The van der Waals surface area contributed by atoms with Crippen molar-refractivity contribution in [2.24, 2.45) is 4.99 Å². The third-order valence-corrected chi connectivity index (χ3v) is 3.40. The zero-order valence-corrected chi connectivity index (χ0v) is 9.35. The average Bonchev–Trinajstić information content (AvgIpc) is 2.60. The number of carbonyl (C=O) groups excluding carboxylic acids is 2. The molecular formula is C10H8ClNO2S. The minimum atomic E-state index is -0.416. The summed E-state index contributed by atoms with van der Waals surface area (Å²) in [6.45, 7) is 0. The SMILES string of the molecule is O=C1C=CC2=NC(C(=O)CCCl)SC2=C1. The molecule has 5 heteroatoms. The number of rotatable bonds is 3. The predicted molar refractivity (Wildman–Crippen MR) is 61.4 cm³/mol. The minimum Gasteiger partial charge on any atom is -0.296 e. The van der Waals surface area contributed by atoms with Crippen LogP contribution in [-0.4, -0.2) is 28.5 Å². The van der Waals surface area contributed by atoms with E-state index < -0.39 is 5.37 Å². The van der Waals surface area contributed by atoms with Crippen LogP contribution in [0, 0.1) is 0 Å². The topological polar surface area (TPSA) is 46.5 Å². The first kappa shape index (κ1) is 10.6. The molecule has 1 unspecified atom stereocenters. The van der Waals surface area contributed by atoms with Crippen LogP contribution in [0.4, 0.5) is 0 Å². The number of thioether (sulfide) groups is 1. The highest BCUT2D eigenvalue weighted by molar-refractivity contribution is 8.05. The molecule has 0 fully saturated rings. The molecule has 15 heavy (non-hydrogen) atoms. The Balaban J connectivity index is 2.15. The molecule has 0 aromatic heterocycles. The van der Waals surface area contributed by atoms with E-state index in [2.05, 4.69) is 4.99 Å². The van der Waals surface area contributed by atoms with E-state index in [1.165, 1.54) is 23.9 Å². The lowest BCUT2D eigenvalue weighted by Gasteiger charge is -2.03. The normalized spacial score (nSPS) is 23.5. The second-order valence-corrected chi connectivity index (χ2v) is 4.63. The van der Waals surface area contributed by atoms with Gasteiger partial charge in [-0.25, -0.2) is 0 Å². The van der Waals surface area contributed by atoms with Crippen molar-refractivity contribution in [3.05, 3.63) is 23.1 Å². The van der Waals surface area contributed by atoms with Crippen molar-refractivity contribution in [1.82, 2.24) is 0 Å². The number of aliphatic imine (C=N–C) groups is 1. The number of hydrogen-bond acceptors (Lipinski definition) is 4. The Morgan fingerprint density at radius 1 is 1.53 bits per heavy atom. The van der Waals surface area contributed by atoms with Crippen LogP contribution in [-0.2, 0) is 9.59 Å². The molecule has 0 bridgehead atoms. The van der Waals surface area contributed by atoms with E-state index >= 15 is 0 Å². The molecule has 0 aromatic carbocycles. The molecule has 0 saturated heterocycles. The molecule has 0 saturated carbocycles. The molecule has 1 aliphatic heterocycles. The van der Waals surface area contributed by atoms with Gasteiger partial charge in [0.1, 0.15) is 0 Å². The zero-order valence-electron chi connectivity index (χ0n) is 7.77. The largest absolute Gasteiger partial charge is 0.296 e. The molecule has 0 amide bonds. The Bertz CT molecular complexity index is 412. The van der Waals surface area contributed by atoms with Crippen molar-refractivity contribution in [2.45, 2.75) is 11.8 Å². The van der Waals surface area contributed by atoms with E-state index in [9.17, 15) is 9.59 Å². The number of ketones is 2. The molecule has 1 aliphatic carbocycles. The van der Waals surface area contributed by atoms with Crippen LogP contribution in [0.2, 0.25) is 0 Å². The summed E-state index contributed by atoms with van der Waals surface area (Å²) in [4.78, 5) is 27.6. The maximum Gasteiger partial charge on any atom is 0.179 e. The molecule has 1 heterocycles. The lowest BCUT2D eigenvalue weighted by molar-refractivity contribution is -0.118. The molecule has 2 rings (SSSR count). The van der Waals surface area contributed by atoms with Crippen molar-refractivity contribution in [3.8, 4) is 0 Å². The lowest BCUT2D eigenvalue weighted by atomic mass is 10.1. The second-order valence-electron chi connectivity index (χ2n) is 3.13. The van der Waals surface area contributed by atoms with Crippen molar-refractivity contribution >= 4 is 40.6 Å². The van der Waals surface area contributed by atoms with Gasteiger partial charge in [0.15, 0.2) is 16.9 Å².